The van der Waals surface area contributed by atoms with E-state index in [1.165, 1.54) is 0 Å². The molecule has 2 rings (SSSR count). The molecule has 19 heavy (non-hydrogen) atoms. The Morgan fingerprint density at radius 1 is 1.26 bits per heavy atom. The number of rotatable bonds is 7. The smallest absolute Gasteiger partial charge is 0.0955 e. The number of ether oxygens (including phenoxy) is 2. The summed E-state index contributed by atoms with van der Waals surface area (Å²) in [5.41, 5.74) is 2.16. The Hall–Kier alpha value is -0.750. The molecule has 0 N–H and O–H groups in total. The molecule has 1 heterocycles. The Morgan fingerprint density at radius 3 is 2.95 bits per heavy atom. The molecular formula is C14H16BrNO2S. The fourth-order valence-corrected chi connectivity index (χ4v) is 2.80. The van der Waals surface area contributed by atoms with Gasteiger partial charge in [-0.1, -0.05) is 28.1 Å². The Labute approximate surface area is 125 Å². The van der Waals surface area contributed by atoms with Crippen LogP contribution in [0.5, 0.6) is 0 Å². The number of halogens is 1. The lowest BCUT2D eigenvalue weighted by atomic mass is 10.2. The SMILES string of the molecule is COCCOCCc1nc(-c2cccc(Br)c2)cs1. The van der Waals surface area contributed by atoms with Gasteiger partial charge in [0.15, 0.2) is 0 Å². The molecule has 0 saturated heterocycles. The fraction of sp³-hybridized carbons (Fsp3) is 0.357. The fourth-order valence-electron chi connectivity index (χ4n) is 1.61. The molecule has 1 aromatic carbocycles. The van der Waals surface area contributed by atoms with Crippen molar-refractivity contribution in [2.24, 2.45) is 0 Å². The van der Waals surface area contributed by atoms with Crippen molar-refractivity contribution in [1.29, 1.82) is 0 Å². The van der Waals surface area contributed by atoms with Crippen LogP contribution in [0.15, 0.2) is 34.1 Å². The van der Waals surface area contributed by atoms with Crippen molar-refractivity contribution in [2.45, 2.75) is 6.42 Å². The van der Waals surface area contributed by atoms with Crippen molar-refractivity contribution in [3.8, 4) is 11.3 Å². The van der Waals surface area contributed by atoms with Crippen LogP contribution in [-0.4, -0.2) is 31.9 Å². The summed E-state index contributed by atoms with van der Waals surface area (Å²) >= 11 is 5.15. The third-order valence-corrected chi connectivity index (χ3v) is 3.97. The summed E-state index contributed by atoms with van der Waals surface area (Å²) in [7, 11) is 1.68. The zero-order valence-electron chi connectivity index (χ0n) is 10.8. The van der Waals surface area contributed by atoms with Crippen LogP contribution in [0.25, 0.3) is 11.3 Å². The molecular weight excluding hydrogens is 326 g/mol. The first kappa shape index (κ1) is 14.7. The highest BCUT2D eigenvalue weighted by atomic mass is 79.9. The Kier molecular flexibility index (Phi) is 5.97. The van der Waals surface area contributed by atoms with E-state index in [1.807, 2.05) is 12.1 Å². The maximum Gasteiger partial charge on any atom is 0.0955 e. The van der Waals surface area contributed by atoms with Gasteiger partial charge in [0.1, 0.15) is 0 Å². The van der Waals surface area contributed by atoms with Gasteiger partial charge in [0, 0.05) is 28.9 Å². The van der Waals surface area contributed by atoms with E-state index < -0.39 is 0 Å². The van der Waals surface area contributed by atoms with Crippen molar-refractivity contribution in [1.82, 2.24) is 4.98 Å². The average molecular weight is 342 g/mol. The molecule has 102 valence electrons. The van der Waals surface area contributed by atoms with Crippen LogP contribution in [0.2, 0.25) is 0 Å². The summed E-state index contributed by atoms with van der Waals surface area (Å²) in [5, 5.41) is 3.19. The summed E-state index contributed by atoms with van der Waals surface area (Å²) < 4.78 is 11.4. The number of methoxy groups -OCH3 is 1. The third kappa shape index (κ3) is 4.69. The first-order valence-corrected chi connectivity index (χ1v) is 7.74. The Morgan fingerprint density at radius 2 is 2.16 bits per heavy atom. The zero-order valence-corrected chi connectivity index (χ0v) is 13.2. The molecule has 5 heteroatoms. The minimum absolute atomic E-state index is 0.639. The minimum atomic E-state index is 0.639. The lowest BCUT2D eigenvalue weighted by molar-refractivity contribution is 0.0722. The van der Waals surface area contributed by atoms with Crippen LogP contribution in [0.4, 0.5) is 0 Å². The van der Waals surface area contributed by atoms with Crippen LogP contribution in [-0.2, 0) is 15.9 Å². The highest BCUT2D eigenvalue weighted by Gasteiger charge is 2.05. The summed E-state index contributed by atoms with van der Waals surface area (Å²) in [5.74, 6) is 0. The maximum absolute atomic E-state index is 5.45. The first-order valence-electron chi connectivity index (χ1n) is 6.06. The summed E-state index contributed by atoms with van der Waals surface area (Å²) in [6.45, 7) is 1.97. The molecule has 0 aliphatic heterocycles. The van der Waals surface area contributed by atoms with E-state index in [0.29, 0.717) is 19.8 Å². The summed E-state index contributed by atoms with van der Waals surface area (Å²) in [6.07, 6.45) is 0.850. The molecule has 0 aliphatic rings. The van der Waals surface area contributed by atoms with E-state index in [0.717, 1.165) is 27.2 Å². The number of nitrogens with zero attached hydrogens (tertiary/aromatic N) is 1. The highest BCUT2D eigenvalue weighted by molar-refractivity contribution is 9.10. The van der Waals surface area contributed by atoms with Crippen molar-refractivity contribution in [3.05, 3.63) is 39.1 Å². The van der Waals surface area contributed by atoms with Gasteiger partial charge in [0.2, 0.25) is 0 Å². The zero-order chi connectivity index (χ0) is 13.5. The molecule has 0 bridgehead atoms. The second-order valence-corrected chi connectivity index (χ2v) is 5.85. The maximum atomic E-state index is 5.45. The quantitative estimate of drug-likeness (QED) is 0.718. The number of hydrogen-bond donors (Lipinski definition) is 0. The molecule has 0 amide bonds. The molecule has 0 fully saturated rings. The standard InChI is InChI=1S/C14H16BrNO2S/c1-17-7-8-18-6-5-14-16-13(10-19-14)11-3-2-4-12(15)9-11/h2-4,9-10H,5-8H2,1H3. The second-order valence-electron chi connectivity index (χ2n) is 3.99. The van der Waals surface area contributed by atoms with Gasteiger partial charge in [-0.15, -0.1) is 11.3 Å². The molecule has 2 aromatic rings. The van der Waals surface area contributed by atoms with E-state index in [-0.39, 0.29) is 0 Å². The summed E-state index contributed by atoms with van der Waals surface area (Å²) in [6, 6.07) is 8.18. The van der Waals surface area contributed by atoms with Gasteiger partial charge in [-0.3, -0.25) is 0 Å². The Balaban J connectivity index is 1.88. The van der Waals surface area contributed by atoms with Gasteiger partial charge in [-0.2, -0.15) is 0 Å². The van der Waals surface area contributed by atoms with E-state index in [1.54, 1.807) is 18.4 Å². The molecule has 0 spiro atoms. The van der Waals surface area contributed by atoms with Crippen LogP contribution >= 0.6 is 27.3 Å². The predicted octanol–water partition coefficient (Wildman–Crippen LogP) is 3.78. The molecule has 0 saturated carbocycles. The number of aromatic nitrogens is 1. The van der Waals surface area contributed by atoms with Crippen molar-refractivity contribution in [3.63, 3.8) is 0 Å². The van der Waals surface area contributed by atoms with Gasteiger partial charge in [-0.25, -0.2) is 4.98 Å². The van der Waals surface area contributed by atoms with Gasteiger partial charge in [0.25, 0.3) is 0 Å². The number of thiazole rings is 1. The topological polar surface area (TPSA) is 31.4 Å². The highest BCUT2D eigenvalue weighted by Crippen LogP contribution is 2.24. The van der Waals surface area contributed by atoms with E-state index in [4.69, 9.17) is 9.47 Å². The minimum Gasteiger partial charge on any atom is -0.382 e. The van der Waals surface area contributed by atoms with E-state index >= 15 is 0 Å². The Bertz CT molecular complexity index is 516. The lowest BCUT2D eigenvalue weighted by Crippen LogP contribution is -2.04. The molecule has 0 unspecified atom stereocenters. The molecule has 0 radical (unpaired) electrons. The van der Waals surface area contributed by atoms with Crippen molar-refractivity contribution in [2.75, 3.05) is 26.9 Å². The molecule has 3 nitrogen and oxygen atoms in total. The predicted molar refractivity (Wildman–Crippen MR) is 81.6 cm³/mol. The monoisotopic (exact) mass is 341 g/mol. The molecule has 0 aliphatic carbocycles. The molecule has 1 aromatic heterocycles. The van der Waals surface area contributed by atoms with Gasteiger partial charge in [-0.05, 0) is 12.1 Å². The van der Waals surface area contributed by atoms with Gasteiger partial charge in [0.05, 0.1) is 30.5 Å². The van der Waals surface area contributed by atoms with Crippen LogP contribution in [0.3, 0.4) is 0 Å². The van der Waals surface area contributed by atoms with E-state index in [2.05, 4.69) is 38.4 Å². The van der Waals surface area contributed by atoms with Crippen molar-refractivity contribution >= 4 is 27.3 Å². The molecule has 0 atom stereocenters. The van der Waals surface area contributed by atoms with Crippen LogP contribution < -0.4 is 0 Å². The number of hydrogen-bond acceptors (Lipinski definition) is 4. The largest absolute Gasteiger partial charge is 0.382 e. The normalized spacial score (nSPS) is 10.8. The third-order valence-electron chi connectivity index (χ3n) is 2.56. The van der Waals surface area contributed by atoms with Crippen LogP contribution in [0, 0.1) is 0 Å². The lowest BCUT2D eigenvalue weighted by Gasteiger charge is -2.01. The van der Waals surface area contributed by atoms with E-state index in [9.17, 15) is 0 Å². The van der Waals surface area contributed by atoms with Crippen LogP contribution in [0.1, 0.15) is 5.01 Å². The first-order chi connectivity index (χ1) is 9.29. The van der Waals surface area contributed by atoms with Gasteiger partial charge >= 0.3 is 0 Å². The van der Waals surface area contributed by atoms with Gasteiger partial charge < -0.3 is 9.47 Å². The number of benzene rings is 1. The second kappa shape index (κ2) is 7.75. The average Bonchev–Trinajstić information content (AvgIpc) is 2.87. The summed E-state index contributed by atoms with van der Waals surface area (Å²) in [4.78, 5) is 4.63. The van der Waals surface area contributed by atoms with Crippen molar-refractivity contribution < 1.29 is 9.47 Å².